The number of ether oxygens (including phenoxy) is 1. The number of aromatic nitrogens is 2. The van der Waals surface area contributed by atoms with Crippen LogP contribution < -0.4 is 10.1 Å². The van der Waals surface area contributed by atoms with Gasteiger partial charge in [0, 0.05) is 18.3 Å². The summed E-state index contributed by atoms with van der Waals surface area (Å²) in [7, 11) is 0. The number of carbonyl (C=O) groups is 1. The van der Waals surface area contributed by atoms with Crippen LogP contribution in [0.4, 0.5) is 0 Å². The van der Waals surface area contributed by atoms with E-state index in [9.17, 15) is 4.79 Å². The minimum atomic E-state index is -0.0432. The van der Waals surface area contributed by atoms with Crippen molar-refractivity contribution < 1.29 is 9.53 Å². The van der Waals surface area contributed by atoms with Crippen LogP contribution in [0, 0.1) is 0 Å². The predicted octanol–water partition coefficient (Wildman–Crippen LogP) is 2.96. The number of carbonyl (C=O) groups excluding carboxylic acids is 1. The zero-order valence-electron chi connectivity index (χ0n) is 13.3. The second-order valence-corrected chi connectivity index (χ2v) is 5.32. The maximum Gasteiger partial charge on any atom is 0.223 e. The van der Waals surface area contributed by atoms with Crippen LogP contribution in [0.1, 0.15) is 12.0 Å². The third-order valence-corrected chi connectivity index (χ3v) is 3.49. The van der Waals surface area contributed by atoms with E-state index in [-0.39, 0.29) is 5.91 Å². The van der Waals surface area contributed by atoms with Crippen molar-refractivity contribution in [3.8, 4) is 11.4 Å². The third-order valence-electron chi connectivity index (χ3n) is 3.49. The highest BCUT2D eigenvalue weighted by atomic mass is 16.5. The number of para-hydroxylation sites is 2. The van der Waals surface area contributed by atoms with Gasteiger partial charge in [0.05, 0.1) is 24.9 Å². The van der Waals surface area contributed by atoms with Crippen molar-refractivity contribution in [2.75, 3.05) is 6.61 Å². The summed E-state index contributed by atoms with van der Waals surface area (Å²) in [5.74, 6) is 0.729. The van der Waals surface area contributed by atoms with E-state index in [0.717, 1.165) is 17.0 Å². The van der Waals surface area contributed by atoms with Gasteiger partial charge >= 0.3 is 0 Å². The Morgan fingerprint density at radius 2 is 1.75 bits per heavy atom. The summed E-state index contributed by atoms with van der Waals surface area (Å²) in [5.41, 5.74) is 1.95. The van der Waals surface area contributed by atoms with E-state index in [0.29, 0.717) is 19.6 Å². The van der Waals surface area contributed by atoms with Crippen molar-refractivity contribution in [1.82, 2.24) is 15.1 Å². The quantitative estimate of drug-likeness (QED) is 0.728. The molecule has 0 aliphatic carbocycles. The summed E-state index contributed by atoms with van der Waals surface area (Å²) < 4.78 is 7.31. The van der Waals surface area contributed by atoms with Crippen LogP contribution in [0.5, 0.6) is 5.75 Å². The van der Waals surface area contributed by atoms with Crippen molar-refractivity contribution >= 4 is 5.91 Å². The molecule has 5 nitrogen and oxygen atoms in total. The Morgan fingerprint density at radius 1 is 1.04 bits per heavy atom. The first-order valence-corrected chi connectivity index (χ1v) is 7.85. The molecular formula is C19H19N3O2. The average Bonchev–Trinajstić information content (AvgIpc) is 3.11. The molecule has 122 valence electrons. The Balaban J connectivity index is 1.42. The molecule has 0 aliphatic heterocycles. The van der Waals surface area contributed by atoms with Crippen LogP contribution in [-0.4, -0.2) is 22.3 Å². The normalized spacial score (nSPS) is 10.3. The molecule has 3 rings (SSSR count). The Hall–Kier alpha value is -3.08. The highest BCUT2D eigenvalue weighted by molar-refractivity contribution is 5.75. The Kier molecular flexibility index (Phi) is 5.24. The molecule has 2 aromatic carbocycles. The third kappa shape index (κ3) is 4.46. The molecule has 0 bridgehead atoms. The molecule has 0 unspecified atom stereocenters. The van der Waals surface area contributed by atoms with Gasteiger partial charge in [-0.05, 0) is 24.3 Å². The summed E-state index contributed by atoms with van der Waals surface area (Å²) >= 11 is 0. The van der Waals surface area contributed by atoms with Gasteiger partial charge in [-0.1, -0.05) is 36.4 Å². The highest BCUT2D eigenvalue weighted by Crippen LogP contribution is 2.09. The molecule has 0 saturated carbocycles. The molecule has 3 aromatic rings. The number of benzene rings is 2. The minimum absolute atomic E-state index is 0.0432. The van der Waals surface area contributed by atoms with E-state index in [1.54, 1.807) is 10.9 Å². The number of amides is 1. The molecule has 5 heteroatoms. The molecule has 1 aromatic heterocycles. The van der Waals surface area contributed by atoms with Crippen LogP contribution in [0.2, 0.25) is 0 Å². The standard InChI is InChI=1S/C19H19N3O2/c23-19(11-12-24-18-9-5-2-6-10-18)20-13-16-14-21-22(15-16)17-7-3-1-4-8-17/h1-10,14-15H,11-13H2,(H,20,23). The number of rotatable bonds is 7. The molecule has 1 amide bonds. The highest BCUT2D eigenvalue weighted by Gasteiger charge is 2.04. The van der Waals surface area contributed by atoms with Gasteiger partial charge in [0.15, 0.2) is 0 Å². The summed E-state index contributed by atoms with van der Waals surface area (Å²) in [6.07, 6.45) is 3.99. The van der Waals surface area contributed by atoms with Gasteiger partial charge in [0.2, 0.25) is 5.91 Å². The lowest BCUT2D eigenvalue weighted by atomic mass is 10.3. The summed E-state index contributed by atoms with van der Waals surface area (Å²) in [4.78, 5) is 11.9. The number of nitrogens with zero attached hydrogens (tertiary/aromatic N) is 2. The second kappa shape index (κ2) is 7.97. The van der Waals surface area contributed by atoms with Gasteiger partial charge in [0.1, 0.15) is 5.75 Å². The average molecular weight is 321 g/mol. The number of hydrogen-bond donors (Lipinski definition) is 1. The molecule has 1 heterocycles. The predicted molar refractivity (Wildman–Crippen MR) is 92.0 cm³/mol. The van der Waals surface area contributed by atoms with Crippen molar-refractivity contribution in [1.29, 1.82) is 0 Å². The Labute approximate surface area is 140 Å². The largest absolute Gasteiger partial charge is 0.493 e. The maximum absolute atomic E-state index is 11.9. The van der Waals surface area contributed by atoms with Crippen LogP contribution in [0.25, 0.3) is 5.69 Å². The fourth-order valence-corrected chi connectivity index (χ4v) is 2.24. The van der Waals surface area contributed by atoms with E-state index in [2.05, 4.69) is 10.4 Å². The summed E-state index contributed by atoms with van der Waals surface area (Å²) in [5, 5.41) is 7.18. The molecule has 0 aliphatic rings. The van der Waals surface area contributed by atoms with Crippen LogP contribution in [-0.2, 0) is 11.3 Å². The molecule has 0 fully saturated rings. The minimum Gasteiger partial charge on any atom is -0.493 e. The van der Waals surface area contributed by atoms with Gasteiger partial charge in [-0.2, -0.15) is 5.10 Å². The monoisotopic (exact) mass is 321 g/mol. The smallest absolute Gasteiger partial charge is 0.223 e. The van der Waals surface area contributed by atoms with Crippen molar-refractivity contribution in [2.45, 2.75) is 13.0 Å². The van der Waals surface area contributed by atoms with Gasteiger partial charge in [-0.15, -0.1) is 0 Å². The lowest BCUT2D eigenvalue weighted by Gasteiger charge is -2.06. The van der Waals surface area contributed by atoms with E-state index >= 15 is 0 Å². The van der Waals surface area contributed by atoms with E-state index in [1.165, 1.54) is 0 Å². The molecular weight excluding hydrogens is 302 g/mol. The fraction of sp³-hybridized carbons (Fsp3) is 0.158. The molecule has 0 radical (unpaired) electrons. The van der Waals surface area contributed by atoms with Crippen molar-refractivity contribution in [3.05, 3.63) is 78.6 Å². The van der Waals surface area contributed by atoms with E-state index in [1.807, 2.05) is 66.9 Å². The summed E-state index contributed by atoms with van der Waals surface area (Å²) in [6.45, 7) is 0.816. The molecule has 0 atom stereocenters. The van der Waals surface area contributed by atoms with E-state index in [4.69, 9.17) is 4.74 Å². The summed E-state index contributed by atoms with van der Waals surface area (Å²) in [6, 6.07) is 19.3. The number of hydrogen-bond acceptors (Lipinski definition) is 3. The number of nitrogens with one attached hydrogen (secondary N) is 1. The SMILES string of the molecule is O=C(CCOc1ccccc1)NCc1cnn(-c2ccccc2)c1. The second-order valence-electron chi connectivity index (χ2n) is 5.32. The van der Waals surface area contributed by atoms with E-state index < -0.39 is 0 Å². The van der Waals surface area contributed by atoms with Crippen LogP contribution >= 0.6 is 0 Å². The van der Waals surface area contributed by atoms with Crippen LogP contribution in [0.3, 0.4) is 0 Å². The van der Waals surface area contributed by atoms with Crippen LogP contribution in [0.15, 0.2) is 73.1 Å². The fourth-order valence-electron chi connectivity index (χ4n) is 2.24. The van der Waals surface area contributed by atoms with Crippen molar-refractivity contribution in [3.63, 3.8) is 0 Å². The first-order valence-electron chi connectivity index (χ1n) is 7.85. The lowest BCUT2D eigenvalue weighted by Crippen LogP contribution is -2.24. The molecule has 24 heavy (non-hydrogen) atoms. The topological polar surface area (TPSA) is 56.1 Å². The molecule has 0 spiro atoms. The molecule has 0 saturated heterocycles. The maximum atomic E-state index is 11.9. The lowest BCUT2D eigenvalue weighted by molar-refractivity contribution is -0.121. The first-order chi connectivity index (χ1) is 11.8. The Bertz CT molecular complexity index is 770. The zero-order valence-corrected chi connectivity index (χ0v) is 13.3. The molecule has 1 N–H and O–H groups in total. The van der Waals surface area contributed by atoms with Gasteiger partial charge < -0.3 is 10.1 Å². The first kappa shape index (κ1) is 15.8. The van der Waals surface area contributed by atoms with Gasteiger partial charge in [-0.3, -0.25) is 4.79 Å². The van der Waals surface area contributed by atoms with Gasteiger partial charge in [0.25, 0.3) is 0 Å². The Morgan fingerprint density at radius 3 is 2.50 bits per heavy atom. The van der Waals surface area contributed by atoms with Crippen molar-refractivity contribution in [2.24, 2.45) is 0 Å². The van der Waals surface area contributed by atoms with Gasteiger partial charge in [-0.25, -0.2) is 4.68 Å². The zero-order chi connectivity index (χ0) is 16.6.